The smallest absolute Gasteiger partial charge is 0.283 e. The molecule has 6 nitrogen and oxygen atoms in total. The van der Waals surface area contributed by atoms with Crippen LogP contribution >= 0.6 is 23.1 Å². The van der Waals surface area contributed by atoms with Crippen molar-refractivity contribution >= 4 is 51.8 Å². The molecule has 2 aliphatic heterocycles. The zero-order chi connectivity index (χ0) is 23.1. The maximum atomic E-state index is 13.0. The van der Waals surface area contributed by atoms with E-state index in [9.17, 15) is 4.79 Å². The van der Waals surface area contributed by atoms with E-state index in [-0.39, 0.29) is 11.4 Å². The molecule has 6 rings (SSSR count). The molecule has 2 aromatic heterocycles. The van der Waals surface area contributed by atoms with Gasteiger partial charge >= 0.3 is 0 Å². The Labute approximate surface area is 204 Å². The van der Waals surface area contributed by atoms with Gasteiger partial charge in [-0.25, -0.2) is 4.68 Å². The van der Waals surface area contributed by atoms with Gasteiger partial charge in [-0.1, -0.05) is 66.4 Å². The predicted octanol–water partition coefficient (Wildman–Crippen LogP) is 5.91. The molecule has 0 radical (unpaired) electrons. The maximum Gasteiger partial charge on any atom is 0.283 e. The van der Waals surface area contributed by atoms with Crippen LogP contribution in [0.1, 0.15) is 11.1 Å². The molecule has 0 unspecified atom stereocenters. The zero-order valence-corrected chi connectivity index (χ0v) is 19.4. The molecule has 0 bridgehead atoms. The van der Waals surface area contributed by atoms with E-state index >= 15 is 0 Å². The summed E-state index contributed by atoms with van der Waals surface area (Å²) in [5.74, 6) is -0.309. The van der Waals surface area contributed by atoms with Crippen molar-refractivity contribution < 1.29 is 4.79 Å². The minimum Gasteiger partial charge on any atom is -0.283 e. The first-order valence-corrected chi connectivity index (χ1v) is 12.3. The third kappa shape index (κ3) is 3.53. The SMILES string of the molecule is N=C1/C(=C/c2cn(-c3ccccc3)nc2-c2cccs2)C(=O)N=C2SC=C(c3ccccc3)N12. The Balaban J connectivity index is 1.45. The molecule has 0 saturated heterocycles. The van der Waals surface area contributed by atoms with E-state index in [1.807, 2.05) is 89.8 Å². The minimum absolute atomic E-state index is 0.111. The van der Waals surface area contributed by atoms with Crippen molar-refractivity contribution in [2.24, 2.45) is 4.99 Å². The van der Waals surface area contributed by atoms with Crippen LogP contribution in [0, 0.1) is 5.41 Å². The number of amidine groups is 2. The van der Waals surface area contributed by atoms with Gasteiger partial charge in [-0.15, -0.1) is 11.3 Å². The van der Waals surface area contributed by atoms with E-state index in [4.69, 9.17) is 10.5 Å². The van der Waals surface area contributed by atoms with Crippen LogP contribution in [-0.4, -0.2) is 31.6 Å². The van der Waals surface area contributed by atoms with E-state index in [0.717, 1.165) is 33.1 Å². The second-order valence-electron chi connectivity index (χ2n) is 7.62. The molecule has 4 heterocycles. The van der Waals surface area contributed by atoms with Crippen LogP contribution in [0.4, 0.5) is 0 Å². The second kappa shape index (κ2) is 8.40. The summed E-state index contributed by atoms with van der Waals surface area (Å²) in [7, 11) is 0. The highest BCUT2D eigenvalue weighted by Crippen LogP contribution is 2.38. The Kier molecular flexibility index (Phi) is 5.09. The van der Waals surface area contributed by atoms with Gasteiger partial charge < -0.3 is 0 Å². The van der Waals surface area contributed by atoms with Gasteiger partial charge in [-0.3, -0.25) is 15.1 Å². The first-order chi connectivity index (χ1) is 16.7. The number of nitrogens with one attached hydrogen (secondary N) is 1. The Morgan fingerprint density at radius 3 is 2.44 bits per heavy atom. The third-order valence-corrected chi connectivity index (χ3v) is 7.20. The summed E-state index contributed by atoms with van der Waals surface area (Å²) in [6.45, 7) is 0. The molecule has 0 saturated carbocycles. The standard InChI is InChI=1S/C26H17N5OS2/c27-24-20(25(32)28-26-31(24)21(16-34-26)17-8-3-1-4-9-17)14-18-15-30(19-10-5-2-6-11-19)29-23(18)22-12-7-13-33-22/h1-16,27H/b20-14-,27-24?. The van der Waals surface area contributed by atoms with E-state index in [2.05, 4.69) is 4.99 Å². The van der Waals surface area contributed by atoms with Crippen LogP contribution in [0.2, 0.25) is 0 Å². The molecule has 34 heavy (non-hydrogen) atoms. The lowest BCUT2D eigenvalue weighted by Crippen LogP contribution is -2.38. The monoisotopic (exact) mass is 479 g/mol. The van der Waals surface area contributed by atoms with Crippen molar-refractivity contribution in [1.82, 2.24) is 14.7 Å². The number of fused-ring (bicyclic) bond motifs is 1. The minimum atomic E-state index is -0.420. The number of nitrogens with zero attached hydrogens (tertiary/aromatic N) is 4. The number of carbonyl (C=O) groups excluding carboxylic acids is 1. The van der Waals surface area contributed by atoms with Crippen LogP contribution in [0.15, 0.2) is 100 Å². The summed E-state index contributed by atoms with van der Waals surface area (Å²) in [5.41, 5.74) is 4.48. The average Bonchev–Trinajstić information content (AvgIpc) is 3.62. The fourth-order valence-electron chi connectivity index (χ4n) is 3.88. The topological polar surface area (TPSA) is 74.3 Å². The molecule has 4 aromatic rings. The van der Waals surface area contributed by atoms with Gasteiger partial charge in [0.15, 0.2) is 5.17 Å². The number of benzene rings is 2. The molecule has 1 amide bonds. The van der Waals surface area contributed by atoms with Gasteiger partial charge in [0.1, 0.15) is 11.5 Å². The quantitative estimate of drug-likeness (QED) is 0.370. The lowest BCUT2D eigenvalue weighted by Gasteiger charge is -2.26. The summed E-state index contributed by atoms with van der Waals surface area (Å²) < 4.78 is 1.80. The molecule has 0 aliphatic carbocycles. The summed E-state index contributed by atoms with van der Waals surface area (Å²) >= 11 is 2.94. The van der Waals surface area contributed by atoms with Crippen LogP contribution in [0.5, 0.6) is 0 Å². The molecule has 2 aliphatic rings. The molecule has 0 atom stereocenters. The van der Waals surface area contributed by atoms with Crippen LogP contribution < -0.4 is 0 Å². The molecule has 1 N–H and O–H groups in total. The molecular weight excluding hydrogens is 462 g/mol. The van der Waals surface area contributed by atoms with Gasteiger partial charge in [0.05, 0.1) is 21.8 Å². The highest BCUT2D eigenvalue weighted by atomic mass is 32.2. The largest absolute Gasteiger partial charge is 0.283 e. The van der Waals surface area contributed by atoms with Crippen molar-refractivity contribution in [2.75, 3.05) is 0 Å². The van der Waals surface area contributed by atoms with Gasteiger partial charge in [0.25, 0.3) is 5.91 Å². The number of carbonyl (C=O) groups is 1. The highest BCUT2D eigenvalue weighted by Gasteiger charge is 2.36. The fraction of sp³-hybridized carbons (Fsp3) is 0. The number of aromatic nitrogens is 2. The van der Waals surface area contributed by atoms with Crippen LogP contribution in [0.25, 0.3) is 28.0 Å². The Morgan fingerprint density at radius 1 is 0.941 bits per heavy atom. The van der Waals surface area contributed by atoms with Crippen molar-refractivity contribution in [3.63, 3.8) is 0 Å². The predicted molar refractivity (Wildman–Crippen MR) is 139 cm³/mol. The van der Waals surface area contributed by atoms with Gasteiger partial charge in [0.2, 0.25) is 0 Å². The van der Waals surface area contributed by atoms with Crippen molar-refractivity contribution in [1.29, 1.82) is 5.41 Å². The summed E-state index contributed by atoms with van der Waals surface area (Å²) in [4.78, 5) is 20.0. The average molecular weight is 480 g/mol. The number of hydrogen-bond donors (Lipinski definition) is 1. The van der Waals surface area contributed by atoms with Crippen molar-refractivity contribution in [3.8, 4) is 16.3 Å². The molecule has 2 aromatic carbocycles. The molecule has 164 valence electrons. The van der Waals surface area contributed by atoms with Gasteiger partial charge in [0, 0.05) is 17.2 Å². The third-order valence-electron chi connectivity index (χ3n) is 5.50. The highest BCUT2D eigenvalue weighted by molar-refractivity contribution is 8.17. The lowest BCUT2D eigenvalue weighted by atomic mass is 10.1. The molecule has 8 heteroatoms. The maximum absolute atomic E-state index is 13.0. The first-order valence-electron chi connectivity index (χ1n) is 10.5. The van der Waals surface area contributed by atoms with E-state index in [1.165, 1.54) is 11.8 Å². The number of thiophene rings is 1. The first kappa shape index (κ1) is 20.6. The Bertz CT molecular complexity index is 1500. The molecule has 0 spiro atoms. The van der Waals surface area contributed by atoms with Gasteiger partial charge in [-0.05, 0) is 35.2 Å². The summed E-state index contributed by atoms with van der Waals surface area (Å²) in [6, 6.07) is 23.6. The molecular formula is C26H17N5OS2. The number of para-hydroxylation sites is 1. The van der Waals surface area contributed by atoms with E-state index < -0.39 is 5.91 Å². The van der Waals surface area contributed by atoms with Gasteiger partial charge in [-0.2, -0.15) is 10.1 Å². The number of amides is 1. The lowest BCUT2D eigenvalue weighted by molar-refractivity contribution is -0.114. The Morgan fingerprint density at radius 2 is 1.71 bits per heavy atom. The summed E-state index contributed by atoms with van der Waals surface area (Å²) in [6.07, 6.45) is 3.63. The van der Waals surface area contributed by atoms with Crippen LogP contribution in [0.3, 0.4) is 0 Å². The number of thioether (sulfide) groups is 1. The molecule has 0 fully saturated rings. The number of hydrogen-bond acceptors (Lipinski definition) is 5. The fourth-order valence-corrected chi connectivity index (χ4v) is 5.50. The second-order valence-corrected chi connectivity index (χ2v) is 9.40. The summed E-state index contributed by atoms with van der Waals surface area (Å²) in [5, 5.41) is 18.2. The van der Waals surface area contributed by atoms with E-state index in [0.29, 0.717) is 5.17 Å². The number of rotatable bonds is 4. The van der Waals surface area contributed by atoms with Crippen LogP contribution in [-0.2, 0) is 4.79 Å². The number of aliphatic imine (C=N–C) groups is 1. The van der Waals surface area contributed by atoms with E-state index in [1.54, 1.807) is 27.0 Å². The normalized spacial score (nSPS) is 16.6. The Hall–Kier alpha value is -4.01. The van der Waals surface area contributed by atoms with Crippen molar-refractivity contribution in [3.05, 3.63) is 106 Å². The van der Waals surface area contributed by atoms with Crippen molar-refractivity contribution in [2.45, 2.75) is 0 Å². The zero-order valence-electron chi connectivity index (χ0n) is 17.8.